The third-order valence-corrected chi connectivity index (χ3v) is 10.8. The van der Waals surface area contributed by atoms with Crippen molar-refractivity contribution < 1.29 is 16.8 Å². The summed E-state index contributed by atoms with van der Waals surface area (Å²) in [4.78, 5) is 14.8. The Labute approximate surface area is 327 Å². The lowest BCUT2D eigenvalue weighted by Gasteiger charge is -2.10. The predicted molar refractivity (Wildman–Crippen MR) is 225 cm³/mol. The normalized spacial score (nSPS) is 14.0. The summed E-state index contributed by atoms with van der Waals surface area (Å²) in [7, 11) is 0. The molecule has 0 saturated carbocycles. The summed E-state index contributed by atoms with van der Waals surface area (Å²) in [5.41, 5.74) is 3.56. The molecule has 0 amide bonds. The number of benzene rings is 8. The van der Waals surface area contributed by atoms with E-state index in [4.69, 9.17) is 30.3 Å². The molecule has 8 aromatic carbocycles. The number of furan rings is 1. The summed E-state index contributed by atoms with van der Waals surface area (Å²) >= 11 is 1.62. The van der Waals surface area contributed by atoms with Gasteiger partial charge in [0.2, 0.25) is 0 Å². The van der Waals surface area contributed by atoms with E-state index >= 15 is 0 Å². The third kappa shape index (κ3) is 5.01. The fraction of sp³-hybridized carbons (Fsp3) is 0. The van der Waals surface area contributed by atoms with E-state index in [0.29, 0.717) is 16.7 Å². The van der Waals surface area contributed by atoms with Crippen molar-refractivity contribution in [2.24, 2.45) is 0 Å². The maximum atomic E-state index is 9.49. The molecule has 11 rings (SSSR count). The molecule has 0 aliphatic heterocycles. The topological polar surface area (TPSA) is 51.8 Å². The maximum Gasteiger partial charge on any atom is 0.164 e. The highest BCUT2D eigenvalue weighted by Gasteiger charge is 2.19. The Morgan fingerprint density at radius 2 is 1.15 bits per heavy atom. The van der Waals surface area contributed by atoms with Crippen LogP contribution >= 0.6 is 11.3 Å². The van der Waals surface area contributed by atoms with Gasteiger partial charge in [0.05, 0.1) is 12.3 Å². The van der Waals surface area contributed by atoms with E-state index in [0.717, 1.165) is 58.4 Å². The molecular formula is C49H29N3OS. The fourth-order valence-corrected chi connectivity index (χ4v) is 8.38. The molecule has 0 bridgehead atoms. The lowest BCUT2D eigenvalue weighted by atomic mass is 9.95. The summed E-state index contributed by atoms with van der Waals surface area (Å²) in [6.45, 7) is 0. The van der Waals surface area contributed by atoms with Gasteiger partial charge in [-0.1, -0.05) is 139 Å². The van der Waals surface area contributed by atoms with Crippen LogP contribution in [0.25, 0.3) is 109 Å². The minimum atomic E-state index is -0.654. The van der Waals surface area contributed by atoms with Crippen molar-refractivity contribution in [3.63, 3.8) is 0 Å². The van der Waals surface area contributed by atoms with E-state index in [-0.39, 0.29) is 23.0 Å². The molecule has 3 heterocycles. The van der Waals surface area contributed by atoms with Crippen LogP contribution in [0.2, 0.25) is 0 Å². The van der Waals surface area contributed by atoms with Gasteiger partial charge in [-0.2, -0.15) is 0 Å². The predicted octanol–water partition coefficient (Wildman–Crippen LogP) is 13.6. The number of fused-ring (bicyclic) bond motifs is 8. The Bertz CT molecular complexity index is 3730. The highest BCUT2D eigenvalue weighted by Crippen LogP contribution is 2.42. The van der Waals surface area contributed by atoms with Crippen LogP contribution in [-0.4, -0.2) is 15.0 Å². The van der Waals surface area contributed by atoms with Crippen LogP contribution in [0.15, 0.2) is 180 Å². The average Bonchev–Trinajstić information content (AvgIpc) is 3.89. The Kier molecular flexibility index (Phi) is 5.22. The van der Waals surface area contributed by atoms with Gasteiger partial charge in [-0.15, -0.1) is 11.3 Å². The summed E-state index contributed by atoms with van der Waals surface area (Å²) in [5, 5.41) is 5.69. The van der Waals surface area contributed by atoms with E-state index in [9.17, 15) is 1.37 Å². The van der Waals surface area contributed by atoms with Crippen molar-refractivity contribution in [1.82, 2.24) is 15.0 Å². The zero-order valence-electron chi connectivity index (χ0n) is 37.2. The van der Waals surface area contributed by atoms with Gasteiger partial charge in [0.25, 0.3) is 0 Å². The molecule has 0 radical (unpaired) electrons. The molecule has 4 nitrogen and oxygen atoms in total. The molecule has 0 saturated heterocycles. The van der Waals surface area contributed by atoms with Crippen molar-refractivity contribution in [2.75, 3.05) is 0 Å². The number of rotatable bonds is 5. The smallest absolute Gasteiger partial charge is 0.164 e. The Hall–Kier alpha value is -6.95. The van der Waals surface area contributed by atoms with Crippen LogP contribution in [0.3, 0.4) is 0 Å². The Morgan fingerprint density at radius 1 is 0.444 bits per heavy atom. The van der Waals surface area contributed by atoms with E-state index < -0.39 is 65.5 Å². The molecule has 54 heavy (non-hydrogen) atoms. The quantitative estimate of drug-likeness (QED) is 0.178. The Morgan fingerprint density at radius 3 is 2.02 bits per heavy atom. The van der Waals surface area contributed by atoms with Gasteiger partial charge >= 0.3 is 0 Å². The zero-order chi connectivity index (χ0) is 43.4. The highest BCUT2D eigenvalue weighted by molar-refractivity contribution is 7.25. The first-order valence-electron chi connectivity index (χ1n) is 21.8. The van der Waals surface area contributed by atoms with Crippen LogP contribution in [0.1, 0.15) is 12.3 Å². The monoisotopic (exact) mass is 716 g/mol. The van der Waals surface area contributed by atoms with Crippen LogP contribution in [0.4, 0.5) is 0 Å². The van der Waals surface area contributed by atoms with Crippen molar-refractivity contribution in [3.05, 3.63) is 176 Å². The van der Waals surface area contributed by atoms with Crippen molar-refractivity contribution in [2.45, 2.75) is 0 Å². The first-order chi connectivity index (χ1) is 30.5. The van der Waals surface area contributed by atoms with Gasteiger partial charge in [-0.3, -0.25) is 0 Å². The van der Waals surface area contributed by atoms with Gasteiger partial charge in [0, 0.05) is 53.0 Å². The van der Waals surface area contributed by atoms with Gasteiger partial charge < -0.3 is 4.42 Å². The minimum absolute atomic E-state index is 0.160. The molecular weight excluding hydrogens is 679 g/mol. The maximum absolute atomic E-state index is 9.49. The van der Waals surface area contributed by atoms with E-state index in [1.807, 2.05) is 97.1 Å². The largest absolute Gasteiger partial charge is 0.455 e. The van der Waals surface area contributed by atoms with Crippen LogP contribution in [0, 0.1) is 0 Å². The second-order valence-corrected chi connectivity index (χ2v) is 13.9. The van der Waals surface area contributed by atoms with Gasteiger partial charge in [-0.25, -0.2) is 15.0 Å². The second kappa shape index (κ2) is 12.3. The summed E-state index contributed by atoms with van der Waals surface area (Å²) in [6, 6.07) is 34.4. The lowest BCUT2D eigenvalue weighted by Crippen LogP contribution is -2.00. The van der Waals surface area contributed by atoms with Gasteiger partial charge in [-0.05, 0) is 64.0 Å². The van der Waals surface area contributed by atoms with Crippen molar-refractivity contribution in [3.8, 4) is 56.4 Å². The minimum Gasteiger partial charge on any atom is -0.455 e. The molecule has 3 aromatic heterocycles. The summed E-state index contributed by atoms with van der Waals surface area (Å²) in [6.07, 6.45) is 0. The summed E-state index contributed by atoms with van der Waals surface area (Å²) < 4.78 is 87.3. The molecule has 0 fully saturated rings. The first-order valence-corrected chi connectivity index (χ1v) is 18.1. The van der Waals surface area contributed by atoms with Crippen LogP contribution < -0.4 is 0 Å². The van der Waals surface area contributed by atoms with E-state index in [1.165, 1.54) is 0 Å². The molecule has 252 valence electrons. The molecule has 0 aliphatic rings. The number of nitrogens with zero attached hydrogens (tertiary/aromatic N) is 3. The number of thiophene rings is 1. The molecule has 11 aromatic rings. The van der Waals surface area contributed by atoms with E-state index in [1.54, 1.807) is 11.3 Å². The van der Waals surface area contributed by atoms with E-state index in [2.05, 4.69) is 24.3 Å². The van der Waals surface area contributed by atoms with Crippen molar-refractivity contribution in [1.29, 1.82) is 0 Å². The molecule has 0 aliphatic carbocycles. The third-order valence-electron chi connectivity index (χ3n) is 9.70. The van der Waals surface area contributed by atoms with Gasteiger partial charge in [0.15, 0.2) is 17.5 Å². The number of hydrogen-bond acceptors (Lipinski definition) is 5. The van der Waals surface area contributed by atoms with Crippen LogP contribution in [-0.2, 0) is 0 Å². The average molecular weight is 717 g/mol. The molecule has 0 unspecified atom stereocenters. The number of hydrogen-bond donors (Lipinski definition) is 0. The first kappa shape index (κ1) is 22.9. The second-order valence-electron chi connectivity index (χ2n) is 12.9. The molecule has 0 atom stereocenters. The fourth-order valence-electron chi connectivity index (χ4n) is 7.25. The SMILES string of the molecule is [2H]c1c([2H])c([2H])c(-c2c([2H])c([2H])c([2H])c(-c3nc(-c4ccc5c(c4)oc4c6ccccc6c(-c6ccccc6)cc54)nc(-c4cccc5sc6ccccc6c45)n3)c2[2H])c([2H])c1[2H]. The summed E-state index contributed by atoms with van der Waals surface area (Å²) in [5.74, 6) is 0.234. The zero-order valence-corrected chi connectivity index (χ0v) is 29.0. The number of aromatic nitrogens is 3. The highest BCUT2D eigenvalue weighted by atomic mass is 32.1. The standard InChI is InChI=1S/C49H29N3OS/c1-3-13-30(14-4-1)32-17-11-18-33(27-32)47-50-48(52-49(51-47)39-22-12-24-44-45(39)38-21-9-10-23-43(38)54-44)34-25-26-36-41-29-40(31-15-5-2-6-16-31)35-19-7-8-20-37(35)46(41)53-42(36)28-34/h1-29H/i1D,3D,4D,11D,13D,14D,17D,18D,27D. The molecule has 5 heteroatoms. The molecule has 0 N–H and O–H groups in total. The lowest BCUT2D eigenvalue weighted by molar-refractivity contribution is 0.673. The molecule has 0 spiro atoms. The van der Waals surface area contributed by atoms with Crippen molar-refractivity contribution >= 4 is 64.2 Å². The Balaban J connectivity index is 1.18. The van der Waals surface area contributed by atoms with Gasteiger partial charge in [0.1, 0.15) is 11.2 Å². The van der Waals surface area contributed by atoms with Crippen LogP contribution in [0.5, 0.6) is 0 Å².